The molecule has 0 radical (unpaired) electrons. The lowest BCUT2D eigenvalue weighted by Crippen LogP contribution is -2.50. The van der Waals surface area contributed by atoms with Crippen molar-refractivity contribution in [3.05, 3.63) is 82.1 Å². The molecule has 0 unspecified atom stereocenters. The van der Waals surface area contributed by atoms with Gasteiger partial charge in [0.25, 0.3) is 0 Å². The summed E-state index contributed by atoms with van der Waals surface area (Å²) in [6.07, 6.45) is 8.11. The van der Waals surface area contributed by atoms with E-state index in [-0.39, 0.29) is 35.6 Å². The number of benzene rings is 1. The van der Waals surface area contributed by atoms with Gasteiger partial charge in [0.05, 0.1) is 6.04 Å². The second kappa shape index (κ2) is 10.3. The van der Waals surface area contributed by atoms with Gasteiger partial charge in [-0.1, -0.05) is 31.2 Å². The number of aromatic nitrogens is 4. The molecule has 42 heavy (non-hydrogen) atoms. The van der Waals surface area contributed by atoms with Crippen LogP contribution in [0.1, 0.15) is 47.7 Å². The van der Waals surface area contributed by atoms with Crippen molar-refractivity contribution in [3.8, 4) is 11.1 Å². The standard InChI is InChI=1S/C32H31BrN6O3/c1-17-6-9-27(33)36-30(17)37-31(42)25-13-32(5)11-10-26(32)39(25)28(41)16-38-18(2)29(19(3)40)23-12-21(7-8-24(23)38)22-14-34-20(4)35-15-22/h6-12,14-15,25-26H,13,16H2,1-5H3,(H,36,37,42)/t25-,26+,32+/m0/s1. The number of hydrogen-bond acceptors (Lipinski definition) is 6. The Morgan fingerprint density at radius 3 is 2.48 bits per heavy atom. The first kappa shape index (κ1) is 28.0. The van der Waals surface area contributed by atoms with Crippen molar-refractivity contribution in [1.29, 1.82) is 0 Å². The lowest BCUT2D eigenvalue weighted by atomic mass is 9.73. The minimum atomic E-state index is -0.662. The van der Waals surface area contributed by atoms with Crippen molar-refractivity contribution >= 4 is 50.2 Å². The second-order valence-corrected chi connectivity index (χ2v) is 12.3. The van der Waals surface area contributed by atoms with Crippen molar-refractivity contribution in [2.75, 3.05) is 5.32 Å². The summed E-state index contributed by atoms with van der Waals surface area (Å²) < 4.78 is 2.50. The molecule has 9 nitrogen and oxygen atoms in total. The molecule has 0 spiro atoms. The number of fused-ring (bicyclic) bond motifs is 2. The molecule has 214 valence electrons. The highest BCUT2D eigenvalue weighted by molar-refractivity contribution is 9.10. The van der Waals surface area contributed by atoms with Crippen LogP contribution in [0.4, 0.5) is 5.82 Å². The molecular formula is C32H31BrN6O3. The molecule has 1 aliphatic carbocycles. The number of nitrogens with zero attached hydrogens (tertiary/aromatic N) is 5. The van der Waals surface area contributed by atoms with Crippen LogP contribution < -0.4 is 5.32 Å². The summed E-state index contributed by atoms with van der Waals surface area (Å²) in [4.78, 5) is 55.3. The van der Waals surface area contributed by atoms with Crippen molar-refractivity contribution < 1.29 is 14.4 Å². The smallest absolute Gasteiger partial charge is 0.248 e. The second-order valence-electron chi connectivity index (χ2n) is 11.5. The van der Waals surface area contributed by atoms with Crippen molar-refractivity contribution in [1.82, 2.24) is 24.4 Å². The zero-order chi connectivity index (χ0) is 29.9. The van der Waals surface area contributed by atoms with Crippen LogP contribution in [0.2, 0.25) is 0 Å². The highest BCUT2D eigenvalue weighted by atomic mass is 79.9. The van der Waals surface area contributed by atoms with Crippen LogP contribution in [-0.4, -0.2) is 54.1 Å². The van der Waals surface area contributed by atoms with E-state index < -0.39 is 6.04 Å². The molecule has 6 rings (SSSR count). The van der Waals surface area contributed by atoms with Crippen LogP contribution in [0, 0.1) is 26.2 Å². The molecule has 0 saturated carbocycles. The van der Waals surface area contributed by atoms with Crippen molar-refractivity contribution in [3.63, 3.8) is 0 Å². The number of rotatable bonds is 6. The number of halogens is 1. The number of likely N-dealkylation sites (tertiary alicyclic amines) is 1. The minimum Gasteiger partial charge on any atom is -0.335 e. The van der Waals surface area contributed by atoms with E-state index >= 15 is 0 Å². The van der Waals surface area contributed by atoms with Gasteiger partial charge in [-0.15, -0.1) is 0 Å². The molecule has 10 heteroatoms. The van der Waals surface area contributed by atoms with E-state index in [1.165, 1.54) is 0 Å². The zero-order valence-electron chi connectivity index (χ0n) is 24.1. The molecule has 2 aliphatic rings. The third-order valence-corrected chi connectivity index (χ3v) is 9.02. The maximum absolute atomic E-state index is 14.1. The number of anilines is 1. The summed E-state index contributed by atoms with van der Waals surface area (Å²) in [5, 5.41) is 3.72. The number of hydrogen-bond donors (Lipinski definition) is 1. The molecule has 1 fully saturated rings. The summed E-state index contributed by atoms with van der Waals surface area (Å²) in [7, 11) is 0. The Morgan fingerprint density at radius 1 is 1.07 bits per heavy atom. The first-order valence-electron chi connectivity index (χ1n) is 13.8. The molecule has 4 aromatic rings. The fourth-order valence-electron chi connectivity index (χ4n) is 6.27. The lowest BCUT2D eigenvalue weighted by Gasteiger charge is -2.38. The minimum absolute atomic E-state index is 0.000958. The molecule has 1 aliphatic heterocycles. The van der Waals surface area contributed by atoms with Gasteiger partial charge in [-0.05, 0) is 79.4 Å². The topological polar surface area (TPSA) is 110 Å². The SMILES string of the molecule is CC(=O)c1c(C)n(CC(=O)N2[C@H](C(=O)Nc3nc(Br)ccc3C)C[C@@]3(C)C=C[C@@H]23)c2ccc(-c3cnc(C)nc3)cc12. The van der Waals surface area contributed by atoms with Crippen LogP contribution in [0.3, 0.4) is 0 Å². The van der Waals surface area contributed by atoms with Gasteiger partial charge in [-0.3, -0.25) is 14.4 Å². The number of aryl methyl sites for hydroxylation is 2. The third kappa shape index (κ3) is 4.63. The van der Waals surface area contributed by atoms with Crippen molar-refractivity contribution in [2.24, 2.45) is 5.41 Å². The zero-order valence-corrected chi connectivity index (χ0v) is 25.7. The normalized spacial score (nSPS) is 20.9. The van der Waals surface area contributed by atoms with Crippen LogP contribution in [0.15, 0.2) is 59.5 Å². The Hall–Kier alpha value is -4.18. The van der Waals surface area contributed by atoms with E-state index in [0.717, 1.165) is 27.6 Å². The van der Waals surface area contributed by atoms with Gasteiger partial charge in [-0.2, -0.15) is 0 Å². The average Bonchev–Trinajstić information content (AvgIpc) is 3.33. The van der Waals surface area contributed by atoms with Gasteiger partial charge in [-0.25, -0.2) is 15.0 Å². The van der Waals surface area contributed by atoms with Gasteiger partial charge in [0.1, 0.15) is 28.8 Å². The maximum atomic E-state index is 14.1. The van der Waals surface area contributed by atoms with Gasteiger partial charge < -0.3 is 14.8 Å². The van der Waals surface area contributed by atoms with Gasteiger partial charge in [0.15, 0.2) is 5.78 Å². The average molecular weight is 628 g/mol. The predicted octanol–water partition coefficient (Wildman–Crippen LogP) is 5.57. The molecule has 4 heterocycles. The van der Waals surface area contributed by atoms with Gasteiger partial charge in [0.2, 0.25) is 11.8 Å². The summed E-state index contributed by atoms with van der Waals surface area (Å²) in [5.74, 6) is 0.619. The van der Waals surface area contributed by atoms with Crippen LogP contribution in [-0.2, 0) is 16.1 Å². The van der Waals surface area contributed by atoms with Crippen LogP contribution in [0.5, 0.6) is 0 Å². The first-order chi connectivity index (χ1) is 20.0. The molecular weight excluding hydrogens is 596 g/mol. The van der Waals surface area contributed by atoms with E-state index in [2.05, 4.69) is 49.2 Å². The maximum Gasteiger partial charge on any atom is 0.248 e. The molecule has 1 N–H and O–H groups in total. The number of Topliss-reactive ketones (excluding diaryl/α,β-unsaturated/α-hetero) is 1. The Labute approximate surface area is 252 Å². The summed E-state index contributed by atoms with van der Waals surface area (Å²) in [6, 6.07) is 8.69. The lowest BCUT2D eigenvalue weighted by molar-refractivity contribution is -0.138. The Kier molecular flexibility index (Phi) is 6.84. The highest BCUT2D eigenvalue weighted by Gasteiger charge is 2.55. The molecule has 3 atom stereocenters. The molecule has 2 amide bonds. The molecule has 1 aromatic carbocycles. The molecule has 3 aromatic heterocycles. The Bertz CT molecular complexity index is 1810. The van der Waals surface area contributed by atoms with E-state index in [4.69, 9.17) is 0 Å². The fourth-order valence-corrected chi connectivity index (χ4v) is 6.58. The third-order valence-electron chi connectivity index (χ3n) is 8.58. The van der Waals surface area contributed by atoms with E-state index in [0.29, 0.717) is 33.9 Å². The quantitative estimate of drug-likeness (QED) is 0.170. The number of carbonyl (C=O) groups excluding carboxylic acids is 3. The Morgan fingerprint density at radius 2 is 1.81 bits per heavy atom. The number of carbonyl (C=O) groups is 3. The van der Waals surface area contributed by atoms with Gasteiger partial charge >= 0.3 is 0 Å². The predicted molar refractivity (Wildman–Crippen MR) is 164 cm³/mol. The largest absolute Gasteiger partial charge is 0.335 e. The summed E-state index contributed by atoms with van der Waals surface area (Å²) in [5.41, 5.74) is 4.35. The van der Waals surface area contributed by atoms with Crippen LogP contribution >= 0.6 is 15.9 Å². The van der Waals surface area contributed by atoms with E-state index in [1.54, 1.807) is 24.2 Å². The number of nitrogens with one attached hydrogen (secondary N) is 1. The van der Waals surface area contributed by atoms with Crippen molar-refractivity contribution in [2.45, 2.75) is 59.7 Å². The monoisotopic (exact) mass is 626 g/mol. The van der Waals surface area contributed by atoms with Crippen LogP contribution in [0.25, 0.3) is 22.0 Å². The summed E-state index contributed by atoms with van der Waals surface area (Å²) >= 11 is 3.37. The molecule has 0 bridgehead atoms. The summed E-state index contributed by atoms with van der Waals surface area (Å²) in [6.45, 7) is 9.19. The van der Waals surface area contributed by atoms with E-state index in [9.17, 15) is 14.4 Å². The highest BCUT2D eigenvalue weighted by Crippen LogP contribution is 2.49. The number of amides is 2. The van der Waals surface area contributed by atoms with E-state index in [1.807, 2.05) is 61.7 Å². The first-order valence-corrected chi connectivity index (χ1v) is 14.6. The fraction of sp³-hybridized carbons (Fsp3) is 0.312. The number of pyridine rings is 1. The number of ketones is 1. The van der Waals surface area contributed by atoms with Gasteiger partial charge in [0, 0.05) is 45.5 Å². The molecule has 1 saturated heterocycles. The Balaban J connectivity index is 1.34.